The standard InChI is InChI=1S/C17H21FN2OS/c1-20(10-15(21)12-6-2-3-7-13(12)18)11-17-19-14-8-4-5-9-16(14)22-17/h2-3,6-7,15,21H,4-5,8-11H2,1H3. The number of likely N-dealkylation sites (N-methyl/N-ethyl adjacent to an activating group) is 1. The third-order valence-corrected chi connectivity index (χ3v) is 5.19. The molecule has 22 heavy (non-hydrogen) atoms. The zero-order valence-corrected chi connectivity index (χ0v) is 13.6. The molecular weight excluding hydrogens is 299 g/mol. The van der Waals surface area contributed by atoms with E-state index in [4.69, 9.17) is 4.98 Å². The van der Waals surface area contributed by atoms with Gasteiger partial charge < -0.3 is 5.11 Å². The number of nitrogens with zero attached hydrogens (tertiary/aromatic N) is 2. The van der Waals surface area contributed by atoms with Crippen molar-refractivity contribution in [1.82, 2.24) is 9.88 Å². The quantitative estimate of drug-likeness (QED) is 0.918. The van der Waals surface area contributed by atoms with Gasteiger partial charge in [0.1, 0.15) is 10.8 Å². The van der Waals surface area contributed by atoms with Gasteiger partial charge in [0.2, 0.25) is 0 Å². The molecule has 1 aromatic carbocycles. The average molecular weight is 320 g/mol. The summed E-state index contributed by atoms with van der Waals surface area (Å²) in [7, 11) is 1.93. The highest BCUT2D eigenvalue weighted by Gasteiger charge is 2.18. The number of aliphatic hydroxyl groups excluding tert-OH is 1. The highest BCUT2D eigenvalue weighted by molar-refractivity contribution is 7.11. The molecule has 0 amide bonds. The molecule has 0 radical (unpaired) electrons. The monoisotopic (exact) mass is 320 g/mol. The Morgan fingerprint density at radius 2 is 2.09 bits per heavy atom. The number of aryl methyl sites for hydroxylation is 2. The molecule has 0 saturated heterocycles. The number of hydrogen-bond donors (Lipinski definition) is 1. The second-order valence-electron chi connectivity index (χ2n) is 5.92. The van der Waals surface area contributed by atoms with Crippen LogP contribution in [0.25, 0.3) is 0 Å². The van der Waals surface area contributed by atoms with Gasteiger partial charge in [-0.05, 0) is 38.8 Å². The second kappa shape index (κ2) is 6.86. The zero-order valence-electron chi connectivity index (χ0n) is 12.8. The van der Waals surface area contributed by atoms with E-state index in [0.717, 1.165) is 17.8 Å². The molecule has 0 aliphatic heterocycles. The predicted molar refractivity (Wildman–Crippen MR) is 86.4 cm³/mol. The summed E-state index contributed by atoms with van der Waals surface area (Å²) in [6.45, 7) is 1.09. The number of aromatic nitrogens is 1. The second-order valence-corrected chi connectivity index (χ2v) is 7.09. The molecule has 1 aliphatic carbocycles. The van der Waals surface area contributed by atoms with Gasteiger partial charge >= 0.3 is 0 Å². The normalized spacial score (nSPS) is 15.8. The van der Waals surface area contributed by atoms with E-state index in [1.54, 1.807) is 29.5 Å². The van der Waals surface area contributed by atoms with Crippen LogP contribution in [-0.4, -0.2) is 28.6 Å². The summed E-state index contributed by atoms with van der Waals surface area (Å²) in [5.74, 6) is -0.354. The van der Waals surface area contributed by atoms with Crippen LogP contribution in [0.15, 0.2) is 24.3 Å². The van der Waals surface area contributed by atoms with Gasteiger partial charge in [-0.2, -0.15) is 0 Å². The summed E-state index contributed by atoms with van der Waals surface area (Å²) in [5.41, 5.74) is 1.61. The van der Waals surface area contributed by atoms with Crippen molar-refractivity contribution in [2.45, 2.75) is 38.3 Å². The van der Waals surface area contributed by atoms with E-state index in [1.807, 2.05) is 11.9 Å². The van der Waals surface area contributed by atoms with Crippen molar-refractivity contribution in [1.29, 1.82) is 0 Å². The fraction of sp³-hybridized carbons (Fsp3) is 0.471. The molecule has 3 nitrogen and oxygen atoms in total. The molecule has 1 aromatic heterocycles. The van der Waals surface area contributed by atoms with Crippen molar-refractivity contribution in [2.24, 2.45) is 0 Å². The van der Waals surface area contributed by atoms with Crippen LogP contribution >= 0.6 is 11.3 Å². The van der Waals surface area contributed by atoms with Gasteiger partial charge in [-0.25, -0.2) is 9.37 Å². The van der Waals surface area contributed by atoms with Gasteiger partial charge in [-0.3, -0.25) is 4.90 Å². The third-order valence-electron chi connectivity index (χ3n) is 4.04. The molecule has 1 aliphatic rings. The first-order valence-corrected chi connectivity index (χ1v) is 8.53. The van der Waals surface area contributed by atoms with Gasteiger partial charge in [-0.15, -0.1) is 11.3 Å². The summed E-state index contributed by atoms with van der Waals surface area (Å²) in [6, 6.07) is 6.40. The lowest BCUT2D eigenvalue weighted by Crippen LogP contribution is -2.24. The third kappa shape index (κ3) is 3.54. The van der Waals surface area contributed by atoms with E-state index in [1.165, 1.54) is 29.5 Å². The van der Waals surface area contributed by atoms with Crippen molar-refractivity contribution < 1.29 is 9.50 Å². The lowest BCUT2D eigenvalue weighted by Gasteiger charge is -2.20. The number of aliphatic hydroxyl groups is 1. The smallest absolute Gasteiger partial charge is 0.129 e. The van der Waals surface area contributed by atoms with Crippen LogP contribution in [-0.2, 0) is 19.4 Å². The number of hydrogen-bond acceptors (Lipinski definition) is 4. The number of benzene rings is 1. The van der Waals surface area contributed by atoms with Gasteiger partial charge in [0, 0.05) is 17.0 Å². The summed E-state index contributed by atoms with van der Waals surface area (Å²) < 4.78 is 13.7. The van der Waals surface area contributed by atoms with E-state index < -0.39 is 6.10 Å². The van der Waals surface area contributed by atoms with Crippen LogP contribution in [0.1, 0.15) is 40.1 Å². The zero-order chi connectivity index (χ0) is 15.5. The van der Waals surface area contributed by atoms with E-state index in [-0.39, 0.29) is 5.82 Å². The summed E-state index contributed by atoms with van der Waals surface area (Å²) in [5, 5.41) is 11.3. The van der Waals surface area contributed by atoms with E-state index in [2.05, 4.69) is 0 Å². The lowest BCUT2D eigenvalue weighted by atomic mass is 10.0. The van der Waals surface area contributed by atoms with Crippen LogP contribution in [0, 0.1) is 5.82 Å². The summed E-state index contributed by atoms with van der Waals surface area (Å²) in [6.07, 6.45) is 3.91. The Kier molecular flexibility index (Phi) is 4.86. The van der Waals surface area contributed by atoms with E-state index in [9.17, 15) is 9.50 Å². The molecule has 0 saturated carbocycles. The number of fused-ring (bicyclic) bond motifs is 1. The minimum absolute atomic E-state index is 0.354. The maximum absolute atomic E-state index is 13.7. The first-order valence-electron chi connectivity index (χ1n) is 7.72. The molecule has 3 rings (SSSR count). The van der Waals surface area contributed by atoms with E-state index >= 15 is 0 Å². The molecule has 0 bridgehead atoms. The Hall–Kier alpha value is -1.30. The fourth-order valence-electron chi connectivity index (χ4n) is 2.91. The Bertz CT molecular complexity index is 620. The predicted octanol–water partition coefficient (Wildman–Crippen LogP) is 3.33. The molecular formula is C17H21FN2OS. The first kappa shape index (κ1) is 15.6. The molecule has 1 heterocycles. The highest BCUT2D eigenvalue weighted by atomic mass is 32.1. The number of rotatable bonds is 5. The van der Waals surface area contributed by atoms with Crippen LogP contribution in [0.2, 0.25) is 0 Å². The summed E-state index contributed by atoms with van der Waals surface area (Å²) in [4.78, 5) is 8.13. The Balaban J connectivity index is 1.61. The minimum atomic E-state index is -0.819. The van der Waals surface area contributed by atoms with Crippen LogP contribution in [0.3, 0.4) is 0 Å². The van der Waals surface area contributed by atoms with Gasteiger partial charge in [0.25, 0.3) is 0 Å². The van der Waals surface area contributed by atoms with E-state index in [0.29, 0.717) is 18.7 Å². The Morgan fingerprint density at radius 3 is 2.86 bits per heavy atom. The molecule has 5 heteroatoms. The van der Waals surface area contributed by atoms with Crippen LogP contribution < -0.4 is 0 Å². The van der Waals surface area contributed by atoms with Crippen molar-refractivity contribution in [2.75, 3.05) is 13.6 Å². The SMILES string of the molecule is CN(Cc1nc2c(s1)CCCC2)CC(O)c1ccccc1F. The van der Waals surface area contributed by atoms with Crippen molar-refractivity contribution in [3.8, 4) is 0 Å². The molecule has 1 N–H and O–H groups in total. The lowest BCUT2D eigenvalue weighted by molar-refractivity contribution is 0.120. The molecule has 0 spiro atoms. The fourth-order valence-corrected chi connectivity index (χ4v) is 4.14. The van der Waals surface area contributed by atoms with Crippen LogP contribution in [0.5, 0.6) is 0 Å². The molecule has 1 unspecified atom stereocenters. The van der Waals surface area contributed by atoms with Gasteiger partial charge in [0.15, 0.2) is 0 Å². The molecule has 2 aromatic rings. The van der Waals surface area contributed by atoms with Gasteiger partial charge in [-0.1, -0.05) is 18.2 Å². The molecule has 118 valence electrons. The maximum Gasteiger partial charge on any atom is 0.129 e. The van der Waals surface area contributed by atoms with Crippen molar-refractivity contribution >= 4 is 11.3 Å². The highest BCUT2D eigenvalue weighted by Crippen LogP contribution is 2.27. The summed E-state index contributed by atoms with van der Waals surface area (Å²) >= 11 is 1.78. The number of halogens is 1. The average Bonchev–Trinajstić information content (AvgIpc) is 2.89. The van der Waals surface area contributed by atoms with Crippen LogP contribution in [0.4, 0.5) is 4.39 Å². The number of thiazole rings is 1. The Morgan fingerprint density at radius 1 is 1.32 bits per heavy atom. The largest absolute Gasteiger partial charge is 0.387 e. The van der Waals surface area contributed by atoms with Crippen molar-refractivity contribution in [3.63, 3.8) is 0 Å². The molecule has 1 atom stereocenters. The first-order chi connectivity index (χ1) is 10.6. The van der Waals surface area contributed by atoms with Gasteiger partial charge in [0.05, 0.1) is 18.3 Å². The Labute approximate surface area is 134 Å². The van der Waals surface area contributed by atoms with Crippen molar-refractivity contribution in [3.05, 3.63) is 51.2 Å². The maximum atomic E-state index is 13.7. The minimum Gasteiger partial charge on any atom is -0.387 e. The topological polar surface area (TPSA) is 36.4 Å². The molecule has 0 fully saturated rings.